The lowest BCUT2D eigenvalue weighted by Crippen LogP contribution is -2.30. The first kappa shape index (κ1) is 18.1. The van der Waals surface area contributed by atoms with E-state index >= 15 is 0 Å². The molecule has 0 spiro atoms. The van der Waals surface area contributed by atoms with E-state index in [1.54, 1.807) is 12.1 Å². The number of likely N-dealkylation sites (N-methyl/N-ethyl adjacent to an activating group) is 1. The van der Waals surface area contributed by atoms with E-state index in [9.17, 15) is 17.6 Å². The number of carbonyl (C=O) groups excluding carboxylic acids is 1. The lowest BCUT2D eigenvalue weighted by molar-refractivity contribution is 0.140. The van der Waals surface area contributed by atoms with Gasteiger partial charge in [-0.15, -0.1) is 0 Å². The zero-order valence-corrected chi connectivity index (χ0v) is 14.7. The van der Waals surface area contributed by atoms with E-state index in [-0.39, 0.29) is 24.4 Å². The van der Waals surface area contributed by atoms with Gasteiger partial charge in [0.25, 0.3) is 10.1 Å². The minimum atomic E-state index is -3.48. The van der Waals surface area contributed by atoms with Crippen molar-refractivity contribution in [3.63, 3.8) is 0 Å². The van der Waals surface area contributed by atoms with Crippen molar-refractivity contribution in [1.82, 2.24) is 5.32 Å². The number of anilines is 1. The number of amides is 1. The fraction of sp³-hybridized carbons (Fsp3) is 0.562. The Morgan fingerprint density at radius 2 is 2.20 bits per heavy atom. The van der Waals surface area contributed by atoms with E-state index in [1.165, 1.54) is 11.0 Å². The van der Waals surface area contributed by atoms with E-state index < -0.39 is 22.0 Å². The number of nitrogens with one attached hydrogen (secondary N) is 1. The van der Waals surface area contributed by atoms with Crippen molar-refractivity contribution in [2.45, 2.75) is 25.4 Å². The SMILES string of the molecule is CCNC[C@H]1CN(c2ccc(C3CCS(=O)(=O)OC3)c(F)c2)C(=O)O1. The van der Waals surface area contributed by atoms with Gasteiger partial charge in [0.05, 0.1) is 24.6 Å². The summed E-state index contributed by atoms with van der Waals surface area (Å²) in [6.07, 6.45) is -0.455. The summed E-state index contributed by atoms with van der Waals surface area (Å²) in [6, 6.07) is 4.52. The Hall–Kier alpha value is -1.71. The van der Waals surface area contributed by atoms with Gasteiger partial charge in [-0.2, -0.15) is 8.42 Å². The van der Waals surface area contributed by atoms with Crippen molar-refractivity contribution in [2.24, 2.45) is 0 Å². The lowest BCUT2D eigenvalue weighted by Gasteiger charge is -2.23. The zero-order chi connectivity index (χ0) is 18.0. The van der Waals surface area contributed by atoms with Crippen LogP contribution >= 0.6 is 0 Å². The molecule has 1 aromatic rings. The van der Waals surface area contributed by atoms with Crippen LogP contribution in [0.5, 0.6) is 0 Å². The molecular formula is C16H21FN2O5S. The maximum atomic E-state index is 14.5. The quantitative estimate of drug-likeness (QED) is 0.790. The molecule has 2 atom stereocenters. The molecular weight excluding hydrogens is 351 g/mol. The van der Waals surface area contributed by atoms with Gasteiger partial charge in [0, 0.05) is 12.5 Å². The predicted molar refractivity (Wildman–Crippen MR) is 89.7 cm³/mol. The van der Waals surface area contributed by atoms with Crippen molar-refractivity contribution < 1.29 is 26.5 Å². The monoisotopic (exact) mass is 372 g/mol. The highest BCUT2D eigenvalue weighted by atomic mass is 32.2. The van der Waals surface area contributed by atoms with E-state index in [4.69, 9.17) is 8.92 Å². The third kappa shape index (κ3) is 4.10. The van der Waals surface area contributed by atoms with Crippen LogP contribution in [0.3, 0.4) is 0 Å². The minimum Gasteiger partial charge on any atom is -0.443 e. The Labute approximate surface area is 146 Å². The highest BCUT2D eigenvalue weighted by Crippen LogP contribution is 2.31. The van der Waals surface area contributed by atoms with Gasteiger partial charge in [0.2, 0.25) is 0 Å². The van der Waals surface area contributed by atoms with Gasteiger partial charge in [-0.3, -0.25) is 9.08 Å². The maximum absolute atomic E-state index is 14.5. The first-order valence-corrected chi connectivity index (χ1v) is 9.82. The van der Waals surface area contributed by atoms with Crippen LogP contribution in [-0.4, -0.2) is 52.6 Å². The summed E-state index contributed by atoms with van der Waals surface area (Å²) in [5, 5.41) is 3.11. The van der Waals surface area contributed by atoms with Crippen LogP contribution < -0.4 is 10.2 Å². The van der Waals surface area contributed by atoms with Gasteiger partial charge in [-0.25, -0.2) is 9.18 Å². The lowest BCUT2D eigenvalue weighted by atomic mass is 9.96. The van der Waals surface area contributed by atoms with Gasteiger partial charge in [-0.05, 0) is 30.7 Å². The first-order chi connectivity index (χ1) is 11.9. The number of halogens is 1. The second kappa shape index (κ2) is 7.27. The summed E-state index contributed by atoms with van der Waals surface area (Å²) in [5.74, 6) is -0.915. The Morgan fingerprint density at radius 3 is 2.84 bits per heavy atom. The highest BCUT2D eigenvalue weighted by Gasteiger charge is 2.33. The zero-order valence-electron chi connectivity index (χ0n) is 13.9. The third-order valence-electron chi connectivity index (χ3n) is 4.40. The molecule has 1 aromatic carbocycles. The molecule has 2 saturated heterocycles. The number of nitrogens with zero attached hydrogens (tertiary/aromatic N) is 1. The van der Waals surface area contributed by atoms with E-state index in [0.717, 1.165) is 6.54 Å². The molecule has 2 fully saturated rings. The molecule has 1 amide bonds. The molecule has 0 radical (unpaired) electrons. The Kier molecular flexibility index (Phi) is 5.26. The number of hydrogen-bond acceptors (Lipinski definition) is 6. The summed E-state index contributed by atoms with van der Waals surface area (Å²) in [7, 11) is -3.48. The second-order valence-electron chi connectivity index (χ2n) is 6.16. The molecule has 25 heavy (non-hydrogen) atoms. The van der Waals surface area contributed by atoms with Crippen molar-refractivity contribution in [3.05, 3.63) is 29.6 Å². The van der Waals surface area contributed by atoms with Gasteiger partial charge in [0.1, 0.15) is 11.9 Å². The second-order valence-corrected chi connectivity index (χ2v) is 7.92. The Balaban J connectivity index is 1.71. The molecule has 0 bridgehead atoms. The topological polar surface area (TPSA) is 84.9 Å². The summed E-state index contributed by atoms with van der Waals surface area (Å²) >= 11 is 0. The molecule has 0 aromatic heterocycles. The number of ether oxygens (including phenoxy) is 1. The van der Waals surface area contributed by atoms with Crippen LogP contribution in [0.25, 0.3) is 0 Å². The average Bonchev–Trinajstić information content (AvgIpc) is 2.94. The highest BCUT2D eigenvalue weighted by molar-refractivity contribution is 7.86. The molecule has 3 rings (SSSR count). The minimum absolute atomic E-state index is 0.0604. The molecule has 1 unspecified atom stereocenters. The van der Waals surface area contributed by atoms with Gasteiger partial charge < -0.3 is 10.1 Å². The molecule has 9 heteroatoms. The van der Waals surface area contributed by atoms with E-state index in [0.29, 0.717) is 30.8 Å². The number of rotatable bonds is 5. The summed E-state index contributed by atoms with van der Waals surface area (Å²) in [6.45, 7) is 3.58. The van der Waals surface area contributed by atoms with Crippen molar-refractivity contribution in [1.29, 1.82) is 0 Å². The smallest absolute Gasteiger partial charge is 0.414 e. The fourth-order valence-corrected chi connectivity index (χ4v) is 4.08. The Morgan fingerprint density at radius 1 is 1.40 bits per heavy atom. The predicted octanol–water partition coefficient (Wildman–Crippen LogP) is 1.59. The molecule has 0 aliphatic carbocycles. The largest absolute Gasteiger partial charge is 0.443 e. The van der Waals surface area contributed by atoms with E-state index in [2.05, 4.69) is 5.32 Å². The summed E-state index contributed by atoms with van der Waals surface area (Å²) in [4.78, 5) is 13.4. The number of cyclic esters (lactones) is 1. The van der Waals surface area contributed by atoms with Crippen LogP contribution in [0.2, 0.25) is 0 Å². The molecule has 1 N–H and O–H groups in total. The number of carbonyl (C=O) groups is 1. The van der Waals surface area contributed by atoms with Crippen molar-refractivity contribution in [3.8, 4) is 0 Å². The molecule has 7 nitrogen and oxygen atoms in total. The standard InChI is InChI=1S/C16H21FN2O5S/c1-2-18-8-13-9-19(16(20)24-13)12-3-4-14(15(17)7-12)11-5-6-25(21,22)23-10-11/h3-4,7,11,13,18H,2,5-6,8-10H2,1H3/t11?,13-/m0/s1. The van der Waals surface area contributed by atoms with Gasteiger partial charge in [0.15, 0.2) is 0 Å². The van der Waals surface area contributed by atoms with Crippen LogP contribution in [-0.2, 0) is 19.0 Å². The molecule has 138 valence electrons. The van der Waals surface area contributed by atoms with Crippen LogP contribution in [0.1, 0.15) is 24.8 Å². The number of hydrogen-bond donors (Lipinski definition) is 1. The first-order valence-electron chi connectivity index (χ1n) is 8.25. The van der Waals surface area contributed by atoms with Crippen LogP contribution in [0, 0.1) is 5.82 Å². The van der Waals surface area contributed by atoms with Crippen LogP contribution in [0.4, 0.5) is 14.9 Å². The van der Waals surface area contributed by atoms with Gasteiger partial charge in [-0.1, -0.05) is 13.0 Å². The van der Waals surface area contributed by atoms with Crippen molar-refractivity contribution >= 4 is 21.9 Å². The fourth-order valence-electron chi connectivity index (χ4n) is 3.02. The third-order valence-corrected chi connectivity index (χ3v) is 5.63. The summed E-state index contributed by atoms with van der Waals surface area (Å²) < 4.78 is 47.2. The maximum Gasteiger partial charge on any atom is 0.414 e. The average molecular weight is 372 g/mol. The van der Waals surface area contributed by atoms with Crippen LogP contribution in [0.15, 0.2) is 18.2 Å². The number of benzene rings is 1. The van der Waals surface area contributed by atoms with Crippen molar-refractivity contribution in [2.75, 3.05) is 36.9 Å². The Bertz CT molecular complexity index is 741. The van der Waals surface area contributed by atoms with E-state index in [1.807, 2.05) is 6.92 Å². The normalized spacial score (nSPS) is 25.8. The summed E-state index contributed by atoms with van der Waals surface area (Å²) in [5.41, 5.74) is 0.824. The molecule has 2 heterocycles. The molecule has 0 saturated carbocycles. The van der Waals surface area contributed by atoms with Gasteiger partial charge >= 0.3 is 6.09 Å². The molecule has 2 aliphatic heterocycles. The molecule has 2 aliphatic rings.